The molecule has 0 radical (unpaired) electrons. The van der Waals surface area contributed by atoms with Gasteiger partial charge in [0.05, 0.1) is 0 Å². The lowest BCUT2D eigenvalue weighted by molar-refractivity contribution is -0.0435. The van der Waals surface area contributed by atoms with Gasteiger partial charge < -0.3 is 0 Å². The Bertz CT molecular complexity index is 197. The molecule has 0 aliphatic rings. The highest BCUT2D eigenvalue weighted by molar-refractivity contribution is 4.96. The number of halogens is 2. The highest BCUT2D eigenvalue weighted by atomic mass is 19.2. The van der Waals surface area contributed by atoms with Crippen molar-refractivity contribution in [1.29, 1.82) is 0 Å². The van der Waals surface area contributed by atoms with Gasteiger partial charge in [-0.25, -0.2) is 8.78 Å². The fraction of sp³-hybridized carbons (Fsp3) is 1.00. The third-order valence-corrected chi connectivity index (χ3v) is 4.02. The van der Waals surface area contributed by atoms with Crippen molar-refractivity contribution in [2.45, 2.75) is 66.5 Å². The van der Waals surface area contributed by atoms with Crippen LogP contribution in [0.2, 0.25) is 0 Å². The largest absolute Gasteiger partial charge is 0.248 e. The van der Waals surface area contributed by atoms with Gasteiger partial charge in [-0.3, -0.25) is 0 Å². The van der Waals surface area contributed by atoms with Gasteiger partial charge in [0.15, 0.2) is 0 Å². The molecule has 0 heterocycles. The van der Waals surface area contributed by atoms with Gasteiger partial charge in [0, 0.05) is 5.41 Å². The minimum absolute atomic E-state index is 0.132. The van der Waals surface area contributed by atoms with E-state index in [1.54, 1.807) is 0 Å². The Hall–Kier alpha value is -0.140. The van der Waals surface area contributed by atoms with Gasteiger partial charge in [0.25, 0.3) is 0 Å². The molecule has 0 rings (SSSR count). The van der Waals surface area contributed by atoms with Crippen LogP contribution in [-0.2, 0) is 0 Å². The zero-order valence-corrected chi connectivity index (χ0v) is 11.1. The lowest BCUT2D eigenvalue weighted by Gasteiger charge is -2.42. The molecule has 0 amide bonds. The molecule has 92 valence electrons. The monoisotopic (exact) mass is 220 g/mol. The van der Waals surface area contributed by atoms with E-state index in [1.165, 1.54) is 0 Å². The van der Waals surface area contributed by atoms with E-state index in [9.17, 15) is 8.78 Å². The molecular weight excluding hydrogens is 194 g/mol. The van der Waals surface area contributed by atoms with Crippen LogP contribution in [0.1, 0.15) is 60.8 Å². The SMILES string of the molecule is CCC(C)(C)CC(F)(CF)C(C)(C)CC. The molecule has 0 aromatic carbocycles. The van der Waals surface area contributed by atoms with Gasteiger partial charge in [0.2, 0.25) is 0 Å². The fourth-order valence-electron chi connectivity index (χ4n) is 1.67. The van der Waals surface area contributed by atoms with E-state index in [-0.39, 0.29) is 5.41 Å². The molecule has 0 N–H and O–H groups in total. The Kier molecular flexibility index (Phi) is 4.75. The van der Waals surface area contributed by atoms with E-state index < -0.39 is 17.8 Å². The third kappa shape index (κ3) is 3.42. The van der Waals surface area contributed by atoms with Crippen LogP contribution in [0, 0.1) is 10.8 Å². The Morgan fingerprint density at radius 2 is 1.40 bits per heavy atom. The molecule has 0 bridgehead atoms. The summed E-state index contributed by atoms with van der Waals surface area (Å²) >= 11 is 0. The predicted octanol–water partition coefficient (Wildman–Crippen LogP) is 4.93. The van der Waals surface area contributed by atoms with Gasteiger partial charge in [0.1, 0.15) is 12.3 Å². The Morgan fingerprint density at radius 3 is 1.67 bits per heavy atom. The Balaban J connectivity index is 4.87. The molecule has 15 heavy (non-hydrogen) atoms. The molecule has 0 nitrogen and oxygen atoms in total. The van der Waals surface area contributed by atoms with Crippen molar-refractivity contribution in [2.24, 2.45) is 10.8 Å². The van der Waals surface area contributed by atoms with Gasteiger partial charge in [-0.05, 0) is 18.3 Å². The highest BCUT2D eigenvalue weighted by Crippen LogP contribution is 2.46. The van der Waals surface area contributed by atoms with E-state index in [2.05, 4.69) is 0 Å². The lowest BCUT2D eigenvalue weighted by Crippen LogP contribution is -2.45. The third-order valence-electron chi connectivity index (χ3n) is 4.02. The maximum Gasteiger partial charge on any atom is 0.144 e. The Morgan fingerprint density at radius 1 is 0.933 bits per heavy atom. The summed E-state index contributed by atoms with van der Waals surface area (Å²) in [5.41, 5.74) is -2.41. The predicted molar refractivity (Wildman–Crippen MR) is 62.6 cm³/mol. The molecule has 0 aliphatic heterocycles. The van der Waals surface area contributed by atoms with E-state index in [4.69, 9.17) is 0 Å². The highest BCUT2D eigenvalue weighted by Gasteiger charge is 2.47. The smallest absolute Gasteiger partial charge is 0.144 e. The first-order chi connectivity index (χ1) is 6.64. The average molecular weight is 220 g/mol. The lowest BCUT2D eigenvalue weighted by atomic mass is 9.67. The summed E-state index contributed by atoms with van der Waals surface area (Å²) < 4.78 is 27.6. The maximum absolute atomic E-state index is 14.6. The molecule has 0 fully saturated rings. The van der Waals surface area contributed by atoms with Crippen LogP contribution < -0.4 is 0 Å². The summed E-state index contributed by atoms with van der Waals surface area (Å²) in [6.07, 6.45) is 1.83. The zero-order chi connectivity index (χ0) is 12.3. The topological polar surface area (TPSA) is 0 Å². The number of hydrogen-bond acceptors (Lipinski definition) is 0. The molecule has 0 saturated heterocycles. The summed E-state index contributed by atoms with van der Waals surface area (Å²) in [7, 11) is 0. The minimum Gasteiger partial charge on any atom is -0.248 e. The fourth-order valence-corrected chi connectivity index (χ4v) is 1.67. The van der Waals surface area contributed by atoms with Gasteiger partial charge in [-0.1, -0.05) is 48.0 Å². The van der Waals surface area contributed by atoms with Gasteiger partial charge in [-0.15, -0.1) is 0 Å². The summed E-state index contributed by atoms with van der Waals surface area (Å²) in [4.78, 5) is 0. The Labute approximate surface area is 93.4 Å². The van der Waals surface area contributed by atoms with Gasteiger partial charge in [-0.2, -0.15) is 0 Å². The van der Waals surface area contributed by atoms with Crippen LogP contribution in [0.4, 0.5) is 8.78 Å². The van der Waals surface area contributed by atoms with Crippen LogP contribution in [-0.4, -0.2) is 12.3 Å². The van der Waals surface area contributed by atoms with Crippen LogP contribution in [0.25, 0.3) is 0 Å². The number of alkyl halides is 2. The van der Waals surface area contributed by atoms with Crippen molar-refractivity contribution >= 4 is 0 Å². The first kappa shape index (κ1) is 14.9. The van der Waals surface area contributed by atoms with Crippen LogP contribution in [0.15, 0.2) is 0 Å². The second-order valence-corrected chi connectivity index (χ2v) is 6.03. The second kappa shape index (κ2) is 4.80. The van der Waals surface area contributed by atoms with E-state index >= 15 is 0 Å². The van der Waals surface area contributed by atoms with E-state index in [1.807, 2.05) is 41.5 Å². The summed E-state index contributed by atoms with van der Waals surface area (Å²) in [5, 5.41) is 0. The normalized spacial score (nSPS) is 17.6. The first-order valence-corrected chi connectivity index (χ1v) is 5.89. The van der Waals surface area contributed by atoms with Crippen molar-refractivity contribution in [3.8, 4) is 0 Å². The van der Waals surface area contributed by atoms with Gasteiger partial charge >= 0.3 is 0 Å². The molecular formula is C13H26F2. The van der Waals surface area contributed by atoms with E-state index in [0.29, 0.717) is 12.8 Å². The standard InChI is InChI=1S/C13H26F2/c1-7-11(3,4)9-13(15,10-14)12(5,6)8-2/h7-10H2,1-6H3. The van der Waals surface area contributed by atoms with Crippen molar-refractivity contribution < 1.29 is 8.78 Å². The summed E-state index contributed by atoms with van der Waals surface area (Å²) in [5.74, 6) is 0. The van der Waals surface area contributed by atoms with Crippen molar-refractivity contribution in [1.82, 2.24) is 0 Å². The molecule has 0 aromatic rings. The molecule has 1 atom stereocenters. The molecule has 0 saturated carbocycles. The van der Waals surface area contributed by atoms with Crippen LogP contribution in [0.3, 0.4) is 0 Å². The quantitative estimate of drug-likeness (QED) is 0.595. The maximum atomic E-state index is 14.6. The number of hydrogen-bond donors (Lipinski definition) is 0. The minimum atomic E-state index is -1.69. The second-order valence-electron chi connectivity index (χ2n) is 6.03. The van der Waals surface area contributed by atoms with Crippen molar-refractivity contribution in [2.75, 3.05) is 6.67 Å². The molecule has 0 aromatic heterocycles. The van der Waals surface area contributed by atoms with Crippen molar-refractivity contribution in [3.05, 3.63) is 0 Å². The van der Waals surface area contributed by atoms with E-state index in [0.717, 1.165) is 6.42 Å². The van der Waals surface area contributed by atoms with Crippen molar-refractivity contribution in [3.63, 3.8) is 0 Å². The molecule has 0 spiro atoms. The average Bonchev–Trinajstić information content (AvgIpc) is 2.16. The summed E-state index contributed by atoms with van der Waals surface area (Å²) in [6, 6.07) is 0. The first-order valence-electron chi connectivity index (χ1n) is 5.89. The van der Waals surface area contributed by atoms with Crippen LogP contribution >= 0.6 is 0 Å². The molecule has 1 unspecified atom stereocenters. The summed E-state index contributed by atoms with van der Waals surface area (Å²) in [6.45, 7) is 10.7. The molecule has 2 heteroatoms. The number of rotatable bonds is 6. The molecule has 0 aliphatic carbocycles. The zero-order valence-electron chi connectivity index (χ0n) is 11.1. The van der Waals surface area contributed by atoms with Crippen LogP contribution in [0.5, 0.6) is 0 Å².